The SMILES string of the molecule is CO/N=C(/C)[C@H]1CC([Se]c2ccccc2)C(=O)[C@@H](O[Si](C)(C)C(C)(C)C)[C@@H]1OC. The van der Waals surface area contributed by atoms with Crippen molar-refractivity contribution in [3.8, 4) is 0 Å². The molecule has 2 rings (SSSR count). The van der Waals surface area contributed by atoms with Crippen LogP contribution in [0, 0.1) is 5.92 Å². The summed E-state index contributed by atoms with van der Waals surface area (Å²) in [6, 6.07) is 10.3. The first kappa shape index (κ1) is 24.3. The van der Waals surface area contributed by atoms with E-state index in [9.17, 15) is 4.79 Å². The molecule has 1 aromatic carbocycles. The van der Waals surface area contributed by atoms with Gasteiger partial charge in [0.2, 0.25) is 0 Å². The van der Waals surface area contributed by atoms with Crippen LogP contribution in [-0.2, 0) is 18.8 Å². The number of carbonyl (C=O) groups is 1. The van der Waals surface area contributed by atoms with E-state index in [0.29, 0.717) is 6.42 Å². The van der Waals surface area contributed by atoms with Gasteiger partial charge in [-0.1, -0.05) is 0 Å². The van der Waals surface area contributed by atoms with Crippen LogP contribution in [0.25, 0.3) is 0 Å². The Morgan fingerprint density at radius 1 is 1.17 bits per heavy atom. The van der Waals surface area contributed by atoms with E-state index in [1.165, 1.54) is 4.46 Å². The Hall–Kier alpha value is -0.984. The van der Waals surface area contributed by atoms with Gasteiger partial charge in [-0.05, 0) is 0 Å². The van der Waals surface area contributed by atoms with E-state index in [4.69, 9.17) is 14.0 Å². The molecule has 0 amide bonds. The number of ketones is 1. The first-order valence-electron chi connectivity index (χ1n) is 10.1. The average molecular weight is 485 g/mol. The molecule has 5 nitrogen and oxygen atoms in total. The first-order valence-corrected chi connectivity index (χ1v) is 14.8. The molecule has 0 aromatic heterocycles. The van der Waals surface area contributed by atoms with Crippen LogP contribution in [0.2, 0.25) is 22.9 Å². The van der Waals surface area contributed by atoms with E-state index in [1.54, 1.807) is 14.2 Å². The number of carbonyl (C=O) groups excluding carboxylic acids is 1. The van der Waals surface area contributed by atoms with Crippen LogP contribution < -0.4 is 4.46 Å². The fourth-order valence-electron chi connectivity index (χ4n) is 3.33. The number of ether oxygens (including phenoxy) is 1. The van der Waals surface area contributed by atoms with Gasteiger partial charge in [-0.3, -0.25) is 0 Å². The van der Waals surface area contributed by atoms with Gasteiger partial charge in [-0.15, -0.1) is 0 Å². The molecule has 0 radical (unpaired) electrons. The molecule has 4 atom stereocenters. The molecule has 1 aromatic rings. The predicted octanol–water partition coefficient (Wildman–Crippen LogP) is 3.82. The molecule has 0 saturated heterocycles. The van der Waals surface area contributed by atoms with Crippen LogP contribution in [0.3, 0.4) is 0 Å². The van der Waals surface area contributed by atoms with Crippen LogP contribution in [0.5, 0.6) is 0 Å². The van der Waals surface area contributed by atoms with E-state index in [-0.39, 0.29) is 42.6 Å². The summed E-state index contributed by atoms with van der Waals surface area (Å²) < 4.78 is 13.7. The molecule has 0 spiro atoms. The molecule has 1 fully saturated rings. The van der Waals surface area contributed by atoms with Crippen molar-refractivity contribution < 1.29 is 18.8 Å². The van der Waals surface area contributed by atoms with Crippen molar-refractivity contribution >= 4 is 39.2 Å². The van der Waals surface area contributed by atoms with Gasteiger partial charge in [-0.2, -0.15) is 0 Å². The van der Waals surface area contributed by atoms with Gasteiger partial charge in [0.1, 0.15) is 0 Å². The van der Waals surface area contributed by atoms with E-state index >= 15 is 0 Å². The van der Waals surface area contributed by atoms with Crippen molar-refractivity contribution in [2.24, 2.45) is 11.1 Å². The number of oxime groups is 1. The van der Waals surface area contributed by atoms with Gasteiger partial charge in [0.15, 0.2) is 0 Å². The van der Waals surface area contributed by atoms with Crippen molar-refractivity contribution in [1.82, 2.24) is 0 Å². The monoisotopic (exact) mass is 485 g/mol. The summed E-state index contributed by atoms with van der Waals surface area (Å²) in [7, 11) is 1.05. The molecule has 1 aliphatic carbocycles. The zero-order valence-electron chi connectivity index (χ0n) is 18.9. The molecule has 162 valence electrons. The molecule has 29 heavy (non-hydrogen) atoms. The van der Waals surface area contributed by atoms with Crippen molar-refractivity contribution in [2.45, 2.75) is 69.3 Å². The summed E-state index contributed by atoms with van der Waals surface area (Å²) in [5.41, 5.74) is 0.851. The van der Waals surface area contributed by atoms with Crippen molar-refractivity contribution in [1.29, 1.82) is 0 Å². The fraction of sp³-hybridized carbons (Fsp3) is 0.636. The predicted molar refractivity (Wildman–Crippen MR) is 122 cm³/mol. The second kappa shape index (κ2) is 9.88. The zero-order valence-corrected chi connectivity index (χ0v) is 21.6. The standard InChI is InChI=1S/C22H35NO4SeSi/c1-15(23-26-6)17-14-18(28-16-12-10-9-11-13-16)19(24)21(20(17)25-5)27-29(7,8)22(2,3)4/h9-13,17-18,20-21H,14H2,1-8H3/b23-15-/t17-,18?,20-,21-/m1/s1. The van der Waals surface area contributed by atoms with Gasteiger partial charge >= 0.3 is 183 Å². The number of methoxy groups -OCH3 is 1. The van der Waals surface area contributed by atoms with E-state index in [2.05, 4.69) is 51.2 Å². The average Bonchev–Trinajstić information content (AvgIpc) is 2.64. The Balaban J connectivity index is 2.40. The number of hydrogen-bond donors (Lipinski definition) is 0. The van der Waals surface area contributed by atoms with Crippen molar-refractivity contribution in [3.05, 3.63) is 30.3 Å². The Morgan fingerprint density at radius 3 is 2.31 bits per heavy atom. The Bertz CT molecular complexity index is 717. The minimum absolute atomic E-state index is 0.00818. The maximum absolute atomic E-state index is 13.6. The summed E-state index contributed by atoms with van der Waals surface area (Å²) in [6.07, 6.45) is -0.210. The summed E-state index contributed by atoms with van der Waals surface area (Å²) in [4.78, 5) is 18.6. The molecule has 1 saturated carbocycles. The number of benzene rings is 1. The number of Topliss-reactive ketones (excluding diaryl/α,β-unsaturated/α-hetero) is 1. The maximum atomic E-state index is 13.6. The van der Waals surface area contributed by atoms with Crippen LogP contribution in [-0.4, -0.2) is 61.2 Å². The molecule has 1 aliphatic rings. The zero-order chi connectivity index (χ0) is 21.8. The molecule has 7 heteroatoms. The first-order chi connectivity index (χ1) is 13.5. The molecule has 0 heterocycles. The number of rotatable bonds is 7. The van der Waals surface area contributed by atoms with Crippen LogP contribution in [0.1, 0.15) is 34.1 Å². The molecule has 1 unspecified atom stereocenters. The van der Waals surface area contributed by atoms with Crippen LogP contribution >= 0.6 is 0 Å². The van der Waals surface area contributed by atoms with E-state index < -0.39 is 14.4 Å². The third-order valence-electron chi connectivity index (χ3n) is 6.05. The molecular weight excluding hydrogens is 449 g/mol. The number of hydrogen-bond acceptors (Lipinski definition) is 5. The van der Waals surface area contributed by atoms with E-state index in [1.807, 2.05) is 25.1 Å². The van der Waals surface area contributed by atoms with E-state index in [0.717, 1.165) is 5.71 Å². The molecular formula is C22H35NO4SeSi. The van der Waals surface area contributed by atoms with Gasteiger partial charge in [0.25, 0.3) is 0 Å². The van der Waals surface area contributed by atoms with Gasteiger partial charge < -0.3 is 0 Å². The third kappa shape index (κ3) is 5.79. The Morgan fingerprint density at radius 2 is 1.79 bits per heavy atom. The van der Waals surface area contributed by atoms with Gasteiger partial charge in [0.05, 0.1) is 0 Å². The molecule has 0 N–H and O–H groups in total. The molecule has 0 bridgehead atoms. The van der Waals surface area contributed by atoms with Crippen molar-refractivity contribution in [2.75, 3.05) is 14.2 Å². The summed E-state index contributed by atoms with van der Waals surface area (Å²) >= 11 is 0.0255. The summed E-state index contributed by atoms with van der Waals surface area (Å²) in [6.45, 7) is 12.9. The quantitative estimate of drug-likeness (QED) is 0.336. The summed E-state index contributed by atoms with van der Waals surface area (Å²) in [5, 5.41) is 4.19. The fourth-order valence-corrected chi connectivity index (χ4v) is 7.08. The Kier molecular flexibility index (Phi) is 8.28. The third-order valence-corrected chi connectivity index (χ3v) is 13.1. The topological polar surface area (TPSA) is 57.1 Å². The normalized spacial score (nSPS) is 26.5. The van der Waals surface area contributed by atoms with Crippen molar-refractivity contribution in [3.63, 3.8) is 0 Å². The Labute approximate surface area is 182 Å². The second-order valence-corrected chi connectivity index (χ2v) is 16.5. The minimum atomic E-state index is -2.16. The molecule has 0 aliphatic heterocycles. The summed E-state index contributed by atoms with van der Waals surface area (Å²) in [5.74, 6) is 0.162. The van der Waals surface area contributed by atoms with Gasteiger partial charge in [-0.25, -0.2) is 0 Å². The second-order valence-electron chi connectivity index (χ2n) is 9.08. The van der Waals surface area contributed by atoms with Gasteiger partial charge in [0, 0.05) is 0 Å². The number of nitrogens with zero attached hydrogens (tertiary/aromatic N) is 1. The van der Waals surface area contributed by atoms with Crippen LogP contribution in [0.15, 0.2) is 35.5 Å². The van der Waals surface area contributed by atoms with Crippen LogP contribution in [0.4, 0.5) is 0 Å².